The van der Waals surface area contributed by atoms with Crippen molar-refractivity contribution in [1.29, 1.82) is 0 Å². The zero-order valence-electron chi connectivity index (χ0n) is 21.5. The Morgan fingerprint density at radius 2 is 1.36 bits per heavy atom. The zero-order valence-corrected chi connectivity index (χ0v) is 22.3. The van der Waals surface area contributed by atoms with E-state index in [1.54, 1.807) is 0 Å². The van der Waals surface area contributed by atoms with Crippen LogP contribution in [0.3, 0.4) is 0 Å². The summed E-state index contributed by atoms with van der Waals surface area (Å²) in [6.45, 7) is 7.86. The standard InChI is InChI=1S/C28H39N2S.BF4/c1-3-5-7-9-18-30(19-10-8-6-4-2)27-14-11-13-26(23-27)25-16-20-29(21-17-25)24-28-15-12-22-31-28;2-1(3,4)5/h11-17,20-23H,3-10,18-19,24H2,1-2H3;/q+1;-1. The van der Waals surface area contributed by atoms with Gasteiger partial charge in [-0.1, -0.05) is 70.6 Å². The Balaban J connectivity index is 0.000000830. The van der Waals surface area contributed by atoms with Gasteiger partial charge in [0, 0.05) is 30.9 Å². The number of halogens is 4. The molecule has 3 rings (SSSR count). The fourth-order valence-electron chi connectivity index (χ4n) is 4.05. The minimum absolute atomic E-state index is 0.946. The molecule has 0 bridgehead atoms. The molecule has 0 saturated carbocycles. The summed E-state index contributed by atoms with van der Waals surface area (Å²) < 4.78 is 41.3. The van der Waals surface area contributed by atoms with Gasteiger partial charge in [-0.25, -0.2) is 0 Å². The van der Waals surface area contributed by atoms with Crippen molar-refractivity contribution in [3.8, 4) is 11.1 Å². The summed E-state index contributed by atoms with van der Waals surface area (Å²) >= 11 is 1.82. The SMILES string of the molecule is CCCCCCN(CCCCCC)c1cccc(-c2cc[n+](Cc3cccs3)cc2)c1.F[B-](F)(F)F. The summed E-state index contributed by atoms with van der Waals surface area (Å²) in [5, 5.41) is 2.14. The van der Waals surface area contributed by atoms with Gasteiger partial charge in [0.25, 0.3) is 0 Å². The van der Waals surface area contributed by atoms with E-state index in [1.165, 1.54) is 86.1 Å². The molecule has 0 amide bonds. The quantitative estimate of drug-likeness (QED) is 0.0887. The molecule has 0 atom stereocenters. The summed E-state index contributed by atoms with van der Waals surface area (Å²) in [5.41, 5.74) is 3.98. The average Bonchev–Trinajstić information content (AvgIpc) is 3.36. The van der Waals surface area contributed by atoms with Crippen LogP contribution in [0.15, 0.2) is 66.3 Å². The molecule has 36 heavy (non-hydrogen) atoms. The molecule has 0 aliphatic carbocycles. The van der Waals surface area contributed by atoms with E-state index in [1.807, 2.05) is 11.3 Å². The molecule has 198 valence electrons. The van der Waals surface area contributed by atoms with E-state index in [0.717, 1.165) is 6.54 Å². The highest BCUT2D eigenvalue weighted by atomic mass is 32.1. The van der Waals surface area contributed by atoms with Crippen molar-refractivity contribution in [3.05, 3.63) is 71.2 Å². The van der Waals surface area contributed by atoms with Crippen LogP contribution in [0, 0.1) is 0 Å². The molecule has 0 spiro atoms. The average molecular weight is 523 g/mol. The maximum atomic E-state index is 9.75. The van der Waals surface area contributed by atoms with Crippen molar-refractivity contribution in [1.82, 2.24) is 0 Å². The van der Waals surface area contributed by atoms with E-state index in [9.17, 15) is 17.3 Å². The van der Waals surface area contributed by atoms with Crippen LogP contribution in [-0.2, 0) is 6.54 Å². The smallest absolute Gasteiger partial charge is 0.418 e. The first kappa shape index (κ1) is 29.9. The van der Waals surface area contributed by atoms with Crippen molar-refractivity contribution in [2.45, 2.75) is 71.8 Å². The van der Waals surface area contributed by atoms with Crippen molar-refractivity contribution in [2.75, 3.05) is 18.0 Å². The number of hydrogen-bond acceptors (Lipinski definition) is 2. The monoisotopic (exact) mass is 522 g/mol. The third kappa shape index (κ3) is 12.6. The van der Waals surface area contributed by atoms with Crippen LogP contribution in [0.25, 0.3) is 11.1 Å². The number of unbranched alkanes of at least 4 members (excludes halogenated alkanes) is 6. The van der Waals surface area contributed by atoms with Crippen LogP contribution >= 0.6 is 11.3 Å². The Bertz CT molecular complexity index is 944. The molecule has 0 saturated heterocycles. The van der Waals surface area contributed by atoms with Crippen LogP contribution < -0.4 is 9.47 Å². The van der Waals surface area contributed by atoms with E-state index >= 15 is 0 Å². The highest BCUT2D eigenvalue weighted by molar-refractivity contribution is 7.09. The lowest BCUT2D eigenvalue weighted by molar-refractivity contribution is -0.687. The van der Waals surface area contributed by atoms with Crippen LogP contribution in [-0.4, -0.2) is 20.3 Å². The number of pyridine rings is 1. The van der Waals surface area contributed by atoms with E-state index < -0.39 is 7.25 Å². The minimum Gasteiger partial charge on any atom is -0.418 e. The second-order valence-corrected chi connectivity index (χ2v) is 10.0. The Morgan fingerprint density at radius 1 is 0.750 bits per heavy atom. The molecule has 0 N–H and O–H groups in total. The first-order chi connectivity index (χ1) is 17.3. The minimum atomic E-state index is -6.00. The normalized spacial score (nSPS) is 11.2. The summed E-state index contributed by atoms with van der Waals surface area (Å²) in [4.78, 5) is 4.01. The Hall–Kier alpha value is -2.35. The van der Waals surface area contributed by atoms with E-state index in [0.29, 0.717) is 0 Å². The third-order valence-electron chi connectivity index (χ3n) is 5.92. The van der Waals surface area contributed by atoms with E-state index in [4.69, 9.17) is 0 Å². The van der Waals surface area contributed by atoms with Gasteiger partial charge in [0.15, 0.2) is 18.9 Å². The second-order valence-electron chi connectivity index (χ2n) is 8.99. The summed E-state index contributed by atoms with van der Waals surface area (Å²) in [7, 11) is -6.00. The second kappa shape index (κ2) is 16.4. The van der Waals surface area contributed by atoms with Gasteiger partial charge in [0.05, 0.1) is 4.88 Å². The van der Waals surface area contributed by atoms with Gasteiger partial charge in [-0.05, 0) is 47.5 Å². The first-order valence-corrected chi connectivity index (χ1v) is 13.9. The number of benzene rings is 1. The number of hydrogen-bond donors (Lipinski definition) is 0. The molecule has 2 heterocycles. The Morgan fingerprint density at radius 3 is 1.89 bits per heavy atom. The number of nitrogens with zero attached hydrogens (tertiary/aromatic N) is 2. The zero-order chi connectivity index (χ0) is 26.2. The van der Waals surface area contributed by atoms with Crippen LogP contribution in [0.2, 0.25) is 0 Å². The summed E-state index contributed by atoms with van der Waals surface area (Å²) in [6.07, 6.45) is 15.0. The van der Waals surface area contributed by atoms with Crippen LogP contribution in [0.1, 0.15) is 70.1 Å². The fourth-order valence-corrected chi connectivity index (χ4v) is 4.76. The molecule has 2 aromatic heterocycles. The van der Waals surface area contributed by atoms with Crippen LogP contribution in [0.5, 0.6) is 0 Å². The molecule has 0 aliphatic heterocycles. The third-order valence-corrected chi connectivity index (χ3v) is 6.78. The molecule has 2 nitrogen and oxygen atoms in total. The molecular formula is C28H39BF4N2S. The van der Waals surface area contributed by atoms with Gasteiger partial charge >= 0.3 is 7.25 Å². The van der Waals surface area contributed by atoms with E-state index in [2.05, 4.69) is 89.6 Å². The molecule has 0 radical (unpaired) electrons. The molecule has 0 aliphatic rings. The molecular weight excluding hydrogens is 483 g/mol. The molecule has 1 aromatic carbocycles. The van der Waals surface area contributed by atoms with Crippen LogP contribution in [0.4, 0.5) is 23.0 Å². The van der Waals surface area contributed by atoms with Gasteiger partial charge in [-0.15, -0.1) is 11.3 Å². The predicted octanol–water partition coefficient (Wildman–Crippen LogP) is 9.02. The lowest BCUT2D eigenvalue weighted by atomic mass is 10.1. The van der Waals surface area contributed by atoms with Gasteiger partial charge < -0.3 is 22.2 Å². The highest BCUT2D eigenvalue weighted by Gasteiger charge is 2.20. The molecule has 0 unspecified atom stereocenters. The molecule has 8 heteroatoms. The summed E-state index contributed by atoms with van der Waals surface area (Å²) in [5.74, 6) is 0. The number of rotatable bonds is 14. The van der Waals surface area contributed by atoms with Gasteiger partial charge in [0.1, 0.15) is 0 Å². The maximum absolute atomic E-state index is 9.75. The van der Waals surface area contributed by atoms with Gasteiger partial charge in [0.2, 0.25) is 0 Å². The van der Waals surface area contributed by atoms with E-state index in [-0.39, 0.29) is 0 Å². The van der Waals surface area contributed by atoms with Gasteiger partial charge in [-0.3, -0.25) is 0 Å². The number of aromatic nitrogens is 1. The van der Waals surface area contributed by atoms with Crippen molar-refractivity contribution in [2.24, 2.45) is 0 Å². The van der Waals surface area contributed by atoms with Crippen molar-refractivity contribution in [3.63, 3.8) is 0 Å². The molecule has 0 fully saturated rings. The Kier molecular flexibility index (Phi) is 13.6. The molecule has 3 aromatic rings. The lowest BCUT2D eigenvalue weighted by Crippen LogP contribution is -2.32. The lowest BCUT2D eigenvalue weighted by Gasteiger charge is -2.25. The maximum Gasteiger partial charge on any atom is 0.673 e. The number of anilines is 1. The fraction of sp³-hybridized carbons (Fsp3) is 0.464. The Labute approximate surface area is 218 Å². The first-order valence-electron chi connectivity index (χ1n) is 13.0. The largest absolute Gasteiger partial charge is 0.673 e. The summed E-state index contributed by atoms with van der Waals surface area (Å²) in [6, 6.07) is 18.0. The topological polar surface area (TPSA) is 7.12 Å². The predicted molar refractivity (Wildman–Crippen MR) is 146 cm³/mol. The van der Waals surface area contributed by atoms with Crippen molar-refractivity contribution < 1.29 is 21.8 Å². The highest BCUT2D eigenvalue weighted by Crippen LogP contribution is 2.25. The van der Waals surface area contributed by atoms with Crippen molar-refractivity contribution >= 4 is 24.3 Å². The van der Waals surface area contributed by atoms with Gasteiger partial charge in [-0.2, -0.15) is 4.57 Å². The number of thiophene rings is 1.